The molecule has 1 aliphatic rings. The fourth-order valence-electron chi connectivity index (χ4n) is 3.50. The molecule has 1 heterocycles. The van der Waals surface area contributed by atoms with Gasteiger partial charge in [-0.05, 0) is 49.6 Å². The number of hydrogen-bond acceptors (Lipinski definition) is 3. The van der Waals surface area contributed by atoms with Crippen LogP contribution in [-0.4, -0.2) is 36.9 Å². The van der Waals surface area contributed by atoms with Crippen LogP contribution in [0.2, 0.25) is 0 Å². The molecule has 2 aromatic rings. The van der Waals surface area contributed by atoms with E-state index in [0.29, 0.717) is 25.2 Å². The van der Waals surface area contributed by atoms with Crippen molar-refractivity contribution in [3.05, 3.63) is 65.7 Å². The first-order valence-corrected chi connectivity index (χ1v) is 9.27. The van der Waals surface area contributed by atoms with E-state index in [1.165, 1.54) is 0 Å². The summed E-state index contributed by atoms with van der Waals surface area (Å²) in [4.78, 5) is 27.4. The molecule has 0 aliphatic carbocycles. The molecule has 0 unspecified atom stereocenters. The number of carbonyl (C=O) groups is 2. The Labute approximate surface area is 160 Å². The Hall–Kier alpha value is -2.82. The Morgan fingerprint density at radius 3 is 2.48 bits per heavy atom. The maximum Gasteiger partial charge on any atom is 0.253 e. The molecule has 1 saturated heterocycles. The van der Waals surface area contributed by atoms with E-state index in [4.69, 9.17) is 4.74 Å². The van der Waals surface area contributed by atoms with Gasteiger partial charge in [-0.1, -0.05) is 30.3 Å². The summed E-state index contributed by atoms with van der Waals surface area (Å²) >= 11 is 0. The van der Waals surface area contributed by atoms with Crippen molar-refractivity contribution in [2.75, 3.05) is 20.2 Å². The average molecular weight is 366 g/mol. The second-order valence-corrected chi connectivity index (χ2v) is 7.29. The van der Waals surface area contributed by atoms with Gasteiger partial charge in [-0.25, -0.2) is 0 Å². The number of likely N-dealkylation sites (tertiary alicyclic amines) is 1. The lowest BCUT2D eigenvalue weighted by molar-refractivity contribution is -0.132. The van der Waals surface area contributed by atoms with E-state index in [2.05, 4.69) is 5.32 Å². The Balaban J connectivity index is 1.62. The first-order valence-electron chi connectivity index (χ1n) is 9.27. The molecule has 5 heteroatoms. The van der Waals surface area contributed by atoms with Crippen molar-refractivity contribution in [3.63, 3.8) is 0 Å². The highest BCUT2D eigenvalue weighted by atomic mass is 16.5. The fraction of sp³-hybridized carbons (Fsp3) is 0.364. The number of carbonyl (C=O) groups excluding carboxylic acids is 2. The van der Waals surface area contributed by atoms with E-state index < -0.39 is 5.41 Å². The molecule has 1 atom stereocenters. The van der Waals surface area contributed by atoms with E-state index in [9.17, 15) is 9.59 Å². The fourth-order valence-corrected chi connectivity index (χ4v) is 3.50. The number of rotatable bonds is 5. The van der Waals surface area contributed by atoms with Crippen molar-refractivity contribution >= 4 is 11.8 Å². The third-order valence-electron chi connectivity index (χ3n) is 5.16. The highest BCUT2D eigenvalue weighted by Gasteiger charge is 2.39. The summed E-state index contributed by atoms with van der Waals surface area (Å²) in [6.45, 7) is 3.54. The van der Waals surface area contributed by atoms with E-state index in [1.807, 2.05) is 61.5 Å². The number of amides is 2. The van der Waals surface area contributed by atoms with Crippen LogP contribution in [0.5, 0.6) is 5.75 Å². The van der Waals surface area contributed by atoms with Crippen LogP contribution in [0.4, 0.5) is 0 Å². The summed E-state index contributed by atoms with van der Waals surface area (Å²) in [5.41, 5.74) is 1.11. The Kier molecular flexibility index (Phi) is 5.79. The van der Waals surface area contributed by atoms with Crippen LogP contribution in [-0.2, 0) is 11.3 Å². The number of benzene rings is 2. The van der Waals surface area contributed by atoms with Crippen LogP contribution >= 0.6 is 0 Å². The molecule has 1 aliphatic heterocycles. The number of hydrogen-bond donors (Lipinski definition) is 1. The minimum absolute atomic E-state index is 0.00974. The van der Waals surface area contributed by atoms with Crippen molar-refractivity contribution < 1.29 is 14.3 Å². The topological polar surface area (TPSA) is 58.6 Å². The van der Waals surface area contributed by atoms with Gasteiger partial charge in [-0.3, -0.25) is 9.59 Å². The average Bonchev–Trinajstić information content (AvgIpc) is 2.72. The van der Waals surface area contributed by atoms with E-state index in [-0.39, 0.29) is 11.8 Å². The van der Waals surface area contributed by atoms with E-state index in [1.54, 1.807) is 12.0 Å². The van der Waals surface area contributed by atoms with Crippen molar-refractivity contribution in [2.45, 2.75) is 26.3 Å². The second-order valence-electron chi connectivity index (χ2n) is 7.29. The van der Waals surface area contributed by atoms with Gasteiger partial charge in [0.15, 0.2) is 0 Å². The molecule has 5 nitrogen and oxygen atoms in total. The predicted octanol–water partition coefficient (Wildman–Crippen LogP) is 3.25. The van der Waals surface area contributed by atoms with Crippen LogP contribution in [0.1, 0.15) is 35.7 Å². The molecule has 0 spiro atoms. The molecule has 3 rings (SSSR count). The number of piperidine rings is 1. The van der Waals surface area contributed by atoms with Crippen LogP contribution in [0.15, 0.2) is 54.6 Å². The molecule has 0 aromatic heterocycles. The van der Waals surface area contributed by atoms with E-state index in [0.717, 1.165) is 24.2 Å². The van der Waals surface area contributed by atoms with Gasteiger partial charge >= 0.3 is 0 Å². The predicted molar refractivity (Wildman–Crippen MR) is 105 cm³/mol. The highest BCUT2D eigenvalue weighted by Crippen LogP contribution is 2.30. The standard InChI is InChI=1S/C22H26N2O3/c1-22(21(26)23-15-17-9-11-19(27-2)12-10-17)13-6-14-24(16-22)20(25)18-7-4-3-5-8-18/h3-5,7-12H,6,13-16H2,1-2H3,(H,23,26)/t22-/m0/s1. The van der Waals surface area contributed by atoms with Crippen LogP contribution in [0.25, 0.3) is 0 Å². The minimum Gasteiger partial charge on any atom is -0.497 e. The summed E-state index contributed by atoms with van der Waals surface area (Å²) < 4.78 is 5.15. The molecule has 1 N–H and O–H groups in total. The minimum atomic E-state index is -0.574. The number of methoxy groups -OCH3 is 1. The van der Waals surface area contributed by atoms with Gasteiger partial charge in [0.05, 0.1) is 12.5 Å². The lowest BCUT2D eigenvalue weighted by Crippen LogP contribution is -2.51. The van der Waals surface area contributed by atoms with Gasteiger partial charge in [-0.2, -0.15) is 0 Å². The molecule has 27 heavy (non-hydrogen) atoms. The van der Waals surface area contributed by atoms with Crippen molar-refractivity contribution in [2.24, 2.45) is 5.41 Å². The first kappa shape index (κ1) is 19.0. The van der Waals surface area contributed by atoms with E-state index >= 15 is 0 Å². The number of nitrogens with zero attached hydrogens (tertiary/aromatic N) is 1. The second kappa shape index (κ2) is 8.25. The molecule has 2 aromatic carbocycles. The zero-order valence-electron chi connectivity index (χ0n) is 15.9. The molecule has 142 valence electrons. The lowest BCUT2D eigenvalue weighted by Gasteiger charge is -2.39. The largest absolute Gasteiger partial charge is 0.497 e. The summed E-state index contributed by atoms with van der Waals surface area (Å²) in [5, 5.41) is 3.03. The maximum atomic E-state index is 12.8. The quantitative estimate of drug-likeness (QED) is 0.884. The molecular weight excluding hydrogens is 340 g/mol. The molecule has 0 saturated carbocycles. The van der Waals surface area contributed by atoms with Crippen LogP contribution < -0.4 is 10.1 Å². The van der Waals surface area contributed by atoms with Crippen molar-refractivity contribution in [1.82, 2.24) is 10.2 Å². The summed E-state index contributed by atoms with van der Waals surface area (Å²) in [5.74, 6) is 0.771. The Bertz CT molecular complexity index is 789. The van der Waals surface area contributed by atoms with Crippen molar-refractivity contribution in [1.29, 1.82) is 0 Å². The maximum absolute atomic E-state index is 12.8. The Morgan fingerprint density at radius 1 is 1.11 bits per heavy atom. The smallest absolute Gasteiger partial charge is 0.253 e. The van der Waals surface area contributed by atoms with Gasteiger partial charge in [0.1, 0.15) is 5.75 Å². The monoisotopic (exact) mass is 366 g/mol. The summed E-state index contributed by atoms with van der Waals surface area (Å²) in [6, 6.07) is 16.9. The van der Waals surface area contributed by atoms with Gasteiger partial charge in [-0.15, -0.1) is 0 Å². The molecule has 2 amide bonds. The molecular formula is C22H26N2O3. The van der Waals surface area contributed by atoms with Crippen LogP contribution in [0.3, 0.4) is 0 Å². The van der Waals surface area contributed by atoms with Gasteiger partial charge < -0.3 is 15.0 Å². The third-order valence-corrected chi connectivity index (χ3v) is 5.16. The highest BCUT2D eigenvalue weighted by molar-refractivity contribution is 5.95. The summed E-state index contributed by atoms with van der Waals surface area (Å²) in [7, 11) is 1.63. The molecule has 0 radical (unpaired) electrons. The SMILES string of the molecule is COc1ccc(CNC(=O)[C@@]2(C)CCCN(C(=O)c3ccccc3)C2)cc1. The van der Waals surface area contributed by atoms with Gasteiger partial charge in [0.25, 0.3) is 5.91 Å². The van der Waals surface area contributed by atoms with Crippen LogP contribution in [0, 0.1) is 5.41 Å². The normalized spacial score (nSPS) is 19.4. The van der Waals surface area contributed by atoms with Crippen molar-refractivity contribution in [3.8, 4) is 5.75 Å². The molecule has 1 fully saturated rings. The number of nitrogens with one attached hydrogen (secondary N) is 1. The third kappa shape index (κ3) is 4.48. The zero-order chi connectivity index (χ0) is 19.3. The number of ether oxygens (including phenoxy) is 1. The van der Waals surface area contributed by atoms with Gasteiger partial charge in [0.2, 0.25) is 5.91 Å². The van der Waals surface area contributed by atoms with Gasteiger partial charge in [0, 0.05) is 25.2 Å². The molecule has 0 bridgehead atoms. The zero-order valence-corrected chi connectivity index (χ0v) is 15.9. The Morgan fingerprint density at radius 2 is 1.81 bits per heavy atom. The lowest BCUT2D eigenvalue weighted by atomic mass is 9.80. The first-order chi connectivity index (χ1) is 13.0. The summed E-state index contributed by atoms with van der Waals surface area (Å²) in [6.07, 6.45) is 1.60.